The number of halogens is 1. The minimum absolute atomic E-state index is 0.103. The summed E-state index contributed by atoms with van der Waals surface area (Å²) in [6.45, 7) is 0. The van der Waals surface area contributed by atoms with Gasteiger partial charge in [-0.05, 0) is 5.56 Å². The highest BCUT2D eigenvalue weighted by Crippen LogP contribution is 2.03. The number of hydrogen-bond acceptors (Lipinski definition) is 2. The molecule has 0 radical (unpaired) electrons. The minimum atomic E-state index is -1.03. The third-order valence-corrected chi connectivity index (χ3v) is 2.55. The summed E-state index contributed by atoms with van der Waals surface area (Å²) >= 11 is 2.97. The summed E-state index contributed by atoms with van der Waals surface area (Å²) in [6.07, 6.45) is 0.287. The molecule has 0 spiro atoms. The van der Waals surface area contributed by atoms with Gasteiger partial charge in [-0.15, -0.1) is 0 Å². The van der Waals surface area contributed by atoms with Gasteiger partial charge in [-0.2, -0.15) is 0 Å². The Morgan fingerprint density at radius 2 is 1.94 bits per heavy atom. The molecule has 1 aromatic rings. The highest BCUT2D eigenvalue weighted by Gasteiger charge is 2.19. The van der Waals surface area contributed by atoms with Crippen LogP contribution in [0.25, 0.3) is 0 Å². The van der Waals surface area contributed by atoms with Crippen LogP contribution >= 0.6 is 15.9 Å². The zero-order valence-corrected chi connectivity index (χ0v) is 10.1. The van der Waals surface area contributed by atoms with Gasteiger partial charge in [0.2, 0.25) is 5.91 Å². The summed E-state index contributed by atoms with van der Waals surface area (Å²) in [4.78, 5) is 22.0. The van der Waals surface area contributed by atoms with Gasteiger partial charge < -0.3 is 10.4 Å². The smallest absolute Gasteiger partial charge is 0.326 e. The summed E-state index contributed by atoms with van der Waals surface area (Å²) in [7, 11) is 0. The Balaban J connectivity index is 2.65. The van der Waals surface area contributed by atoms with E-state index in [9.17, 15) is 9.59 Å². The average Bonchev–Trinajstić information content (AvgIpc) is 2.29. The van der Waals surface area contributed by atoms with Gasteiger partial charge in [-0.3, -0.25) is 4.79 Å². The number of hydrogen-bond donors (Lipinski definition) is 2. The molecule has 1 aromatic carbocycles. The molecular formula is C11H12BrNO3. The molecule has 0 saturated carbocycles. The maximum Gasteiger partial charge on any atom is 0.326 e. The van der Waals surface area contributed by atoms with Gasteiger partial charge >= 0.3 is 5.97 Å². The van der Waals surface area contributed by atoms with Gasteiger partial charge in [-0.25, -0.2) is 4.79 Å². The Bertz CT molecular complexity index is 367. The molecule has 0 aliphatic rings. The van der Waals surface area contributed by atoms with Crippen molar-refractivity contribution < 1.29 is 14.7 Å². The van der Waals surface area contributed by atoms with Crippen molar-refractivity contribution in [2.75, 3.05) is 5.33 Å². The monoisotopic (exact) mass is 285 g/mol. The van der Waals surface area contributed by atoms with E-state index in [1.165, 1.54) is 0 Å². The third-order valence-electron chi connectivity index (χ3n) is 2.04. The fraction of sp³-hybridized carbons (Fsp3) is 0.273. The Labute approximate surface area is 102 Å². The molecule has 86 valence electrons. The molecule has 0 saturated heterocycles. The average molecular weight is 286 g/mol. The van der Waals surface area contributed by atoms with Crippen molar-refractivity contribution >= 4 is 27.8 Å². The Hall–Kier alpha value is -1.36. The van der Waals surface area contributed by atoms with Crippen LogP contribution in [0, 0.1) is 0 Å². The standard InChI is InChI=1S/C11H12BrNO3/c12-7-10(14)13-9(11(15)16)6-8-4-2-1-3-5-8/h1-5,9H,6-7H2,(H,13,14)(H,15,16)/t9-/m0/s1. The van der Waals surface area contributed by atoms with Crippen LogP contribution in [0.4, 0.5) is 0 Å². The van der Waals surface area contributed by atoms with E-state index in [4.69, 9.17) is 5.11 Å². The molecule has 0 unspecified atom stereocenters. The first kappa shape index (κ1) is 12.7. The number of aliphatic carboxylic acids is 1. The van der Waals surface area contributed by atoms with Gasteiger partial charge in [0.15, 0.2) is 0 Å². The molecule has 0 aromatic heterocycles. The van der Waals surface area contributed by atoms with Crippen molar-refractivity contribution in [3.8, 4) is 0 Å². The van der Waals surface area contributed by atoms with Crippen LogP contribution in [0.3, 0.4) is 0 Å². The van der Waals surface area contributed by atoms with Crippen LogP contribution in [0.15, 0.2) is 30.3 Å². The second-order valence-electron chi connectivity index (χ2n) is 3.28. The van der Waals surface area contributed by atoms with Crippen LogP contribution in [0.2, 0.25) is 0 Å². The Morgan fingerprint density at radius 3 is 2.44 bits per heavy atom. The summed E-state index contributed by atoms with van der Waals surface area (Å²) in [6, 6.07) is 8.30. The number of rotatable bonds is 5. The molecule has 2 N–H and O–H groups in total. The molecule has 1 amide bonds. The van der Waals surface area contributed by atoms with E-state index in [-0.39, 0.29) is 17.7 Å². The van der Waals surface area contributed by atoms with E-state index in [0.717, 1.165) is 5.56 Å². The molecule has 1 rings (SSSR count). The van der Waals surface area contributed by atoms with Crippen LogP contribution < -0.4 is 5.32 Å². The lowest BCUT2D eigenvalue weighted by Gasteiger charge is -2.13. The third kappa shape index (κ3) is 4.02. The molecule has 4 nitrogen and oxygen atoms in total. The van der Waals surface area contributed by atoms with Crippen LogP contribution in [-0.4, -0.2) is 28.4 Å². The van der Waals surface area contributed by atoms with Crippen molar-refractivity contribution in [1.29, 1.82) is 0 Å². The fourth-order valence-electron chi connectivity index (χ4n) is 1.28. The number of carbonyl (C=O) groups is 2. The number of benzene rings is 1. The van der Waals surface area contributed by atoms with Crippen LogP contribution in [-0.2, 0) is 16.0 Å². The van der Waals surface area contributed by atoms with Gasteiger partial charge in [-0.1, -0.05) is 46.3 Å². The molecule has 5 heteroatoms. The van der Waals surface area contributed by atoms with E-state index in [1.807, 2.05) is 30.3 Å². The first-order valence-electron chi connectivity index (χ1n) is 4.75. The number of carboxylic acids is 1. The SMILES string of the molecule is O=C(CBr)N[C@@H](Cc1ccccc1)C(=O)O. The van der Waals surface area contributed by atoms with E-state index in [0.29, 0.717) is 0 Å². The molecule has 0 heterocycles. The van der Waals surface area contributed by atoms with Gasteiger partial charge in [0.25, 0.3) is 0 Å². The van der Waals surface area contributed by atoms with Gasteiger partial charge in [0.1, 0.15) is 6.04 Å². The molecule has 16 heavy (non-hydrogen) atoms. The topological polar surface area (TPSA) is 66.4 Å². The first-order chi connectivity index (χ1) is 7.63. The first-order valence-corrected chi connectivity index (χ1v) is 5.87. The summed E-state index contributed by atoms with van der Waals surface area (Å²) in [5, 5.41) is 11.5. The lowest BCUT2D eigenvalue weighted by molar-refractivity contribution is -0.141. The Morgan fingerprint density at radius 1 is 1.31 bits per heavy atom. The molecule has 0 bridgehead atoms. The second kappa shape index (κ2) is 6.27. The van der Waals surface area contributed by atoms with E-state index >= 15 is 0 Å². The maximum atomic E-state index is 11.1. The molecule has 0 fully saturated rings. The highest BCUT2D eigenvalue weighted by atomic mass is 79.9. The van der Waals surface area contributed by atoms with E-state index < -0.39 is 12.0 Å². The molecule has 0 aliphatic carbocycles. The zero-order chi connectivity index (χ0) is 12.0. The highest BCUT2D eigenvalue weighted by molar-refractivity contribution is 9.09. The van der Waals surface area contributed by atoms with Gasteiger partial charge in [0.05, 0.1) is 5.33 Å². The summed E-state index contributed by atoms with van der Waals surface area (Å²) in [5.41, 5.74) is 0.879. The lowest BCUT2D eigenvalue weighted by atomic mass is 10.1. The van der Waals surface area contributed by atoms with Crippen molar-refractivity contribution in [3.63, 3.8) is 0 Å². The van der Waals surface area contributed by atoms with E-state index in [1.54, 1.807) is 0 Å². The summed E-state index contributed by atoms with van der Waals surface area (Å²) in [5.74, 6) is -1.36. The van der Waals surface area contributed by atoms with Gasteiger partial charge in [0, 0.05) is 6.42 Å². The number of carboxylic acid groups (broad SMARTS) is 1. The van der Waals surface area contributed by atoms with Crippen molar-refractivity contribution in [2.45, 2.75) is 12.5 Å². The van der Waals surface area contributed by atoms with Crippen LogP contribution in [0.1, 0.15) is 5.56 Å². The fourth-order valence-corrected chi connectivity index (χ4v) is 1.44. The zero-order valence-electron chi connectivity index (χ0n) is 8.52. The molecule has 0 aliphatic heterocycles. The number of nitrogens with one attached hydrogen (secondary N) is 1. The van der Waals surface area contributed by atoms with Crippen molar-refractivity contribution in [2.24, 2.45) is 0 Å². The number of alkyl halides is 1. The van der Waals surface area contributed by atoms with E-state index in [2.05, 4.69) is 21.2 Å². The molecular weight excluding hydrogens is 274 g/mol. The van der Waals surface area contributed by atoms with Crippen LogP contribution in [0.5, 0.6) is 0 Å². The largest absolute Gasteiger partial charge is 0.480 e. The maximum absolute atomic E-state index is 11.1. The van der Waals surface area contributed by atoms with Crippen molar-refractivity contribution in [3.05, 3.63) is 35.9 Å². The molecule has 1 atom stereocenters. The lowest BCUT2D eigenvalue weighted by Crippen LogP contribution is -2.42. The van der Waals surface area contributed by atoms with Crippen molar-refractivity contribution in [1.82, 2.24) is 5.32 Å². The number of amides is 1. The minimum Gasteiger partial charge on any atom is -0.480 e. The number of carbonyl (C=O) groups excluding carboxylic acids is 1. The quantitative estimate of drug-likeness (QED) is 0.799. The Kier molecular flexibility index (Phi) is 4.98. The predicted octanol–water partition coefficient (Wildman–Crippen LogP) is 1.19. The normalized spacial score (nSPS) is 11.8. The second-order valence-corrected chi connectivity index (χ2v) is 3.84. The summed E-state index contributed by atoms with van der Waals surface area (Å²) < 4.78 is 0. The predicted molar refractivity (Wildman–Crippen MR) is 63.5 cm³/mol.